The molecule has 0 spiro atoms. The normalized spacial score (nSPS) is 11.4. The summed E-state index contributed by atoms with van der Waals surface area (Å²) in [5, 5.41) is 6.81. The predicted octanol–water partition coefficient (Wildman–Crippen LogP) is 2.16. The lowest BCUT2D eigenvalue weighted by atomic mass is 10.0. The summed E-state index contributed by atoms with van der Waals surface area (Å²) in [6.45, 7) is 0.0988. The largest absolute Gasteiger partial charge is 0.370 e. The smallest absolute Gasteiger partial charge is 0.239 e. The van der Waals surface area contributed by atoms with Gasteiger partial charge in [0.05, 0.1) is 12.2 Å². The molecule has 29 heavy (non-hydrogen) atoms. The molecule has 1 amide bonds. The van der Waals surface area contributed by atoms with Crippen LogP contribution in [0.3, 0.4) is 0 Å². The Balaban J connectivity index is 1.54. The number of benzene rings is 2. The zero-order valence-electron chi connectivity index (χ0n) is 15.8. The van der Waals surface area contributed by atoms with Gasteiger partial charge in [-0.15, -0.1) is 0 Å². The number of aryl methyl sites for hydroxylation is 2. The maximum absolute atomic E-state index is 14.5. The molecule has 0 atom stereocenters. The number of nitrogens with two attached hydrogens (primary N) is 2. The molecule has 3 aromatic rings. The minimum Gasteiger partial charge on any atom is -0.370 e. The second-order valence-electron chi connectivity index (χ2n) is 6.49. The Kier molecular flexibility index (Phi) is 6.57. The van der Waals surface area contributed by atoms with Gasteiger partial charge in [-0.2, -0.15) is 0 Å². The van der Waals surface area contributed by atoms with Crippen LogP contribution < -0.4 is 16.8 Å². The van der Waals surface area contributed by atoms with Crippen LogP contribution in [0.1, 0.15) is 17.0 Å². The summed E-state index contributed by atoms with van der Waals surface area (Å²) in [7, 11) is 0. The van der Waals surface area contributed by atoms with Crippen LogP contribution >= 0.6 is 0 Å². The molecule has 1 heterocycles. The van der Waals surface area contributed by atoms with Gasteiger partial charge in [-0.3, -0.25) is 4.79 Å². The molecule has 7 nitrogen and oxygen atoms in total. The molecule has 5 N–H and O–H groups in total. The van der Waals surface area contributed by atoms with E-state index in [-0.39, 0.29) is 24.9 Å². The molecule has 0 radical (unpaired) electrons. The Morgan fingerprint density at radius 2 is 1.90 bits per heavy atom. The third-order valence-electron chi connectivity index (χ3n) is 4.24. The molecule has 1 aromatic heterocycles. The highest BCUT2D eigenvalue weighted by molar-refractivity contribution is 5.82. The molecule has 0 saturated carbocycles. The van der Waals surface area contributed by atoms with E-state index in [4.69, 9.17) is 16.0 Å². The molecule has 0 unspecified atom stereocenters. The Bertz CT molecular complexity index is 1000. The fraction of sp³-hybridized carbons (Fsp3) is 0.190. The molecule has 150 valence electrons. The average molecular weight is 395 g/mol. The SMILES string of the molecule is NC(=O)CN=C(N)NCc1cc(CCc2ccc(-c3ccccc3)c(F)c2)no1. The molecule has 0 bridgehead atoms. The number of primary amides is 1. The van der Waals surface area contributed by atoms with Crippen LogP contribution in [0.25, 0.3) is 11.1 Å². The van der Waals surface area contributed by atoms with Crippen LogP contribution in [0, 0.1) is 5.82 Å². The van der Waals surface area contributed by atoms with Gasteiger partial charge in [-0.05, 0) is 30.0 Å². The average Bonchev–Trinajstić information content (AvgIpc) is 3.18. The zero-order chi connectivity index (χ0) is 20.6. The van der Waals surface area contributed by atoms with Crippen molar-refractivity contribution in [1.29, 1.82) is 0 Å². The van der Waals surface area contributed by atoms with Gasteiger partial charge in [0.25, 0.3) is 0 Å². The third kappa shape index (κ3) is 5.90. The number of aliphatic imine (C=N–C) groups is 1. The number of amides is 1. The standard InChI is InChI=1S/C21H22FN5O2/c22-19-10-14(7-9-18(19)15-4-2-1-3-5-15)6-8-16-11-17(29-27-16)12-25-21(24)26-13-20(23)28/h1-5,7,9-11H,6,8,12-13H2,(H2,23,28)(H3,24,25,26). The first kappa shape index (κ1) is 20.1. The van der Waals surface area contributed by atoms with Gasteiger partial charge in [0.1, 0.15) is 12.4 Å². The zero-order valence-corrected chi connectivity index (χ0v) is 15.8. The second-order valence-corrected chi connectivity index (χ2v) is 6.49. The van der Waals surface area contributed by atoms with Crippen molar-refractivity contribution < 1.29 is 13.7 Å². The highest BCUT2D eigenvalue weighted by Gasteiger charge is 2.08. The number of carbonyl (C=O) groups is 1. The third-order valence-corrected chi connectivity index (χ3v) is 4.24. The summed E-state index contributed by atoms with van der Waals surface area (Å²) >= 11 is 0. The molecule has 0 aliphatic carbocycles. The number of nitrogens with one attached hydrogen (secondary N) is 1. The number of carbonyl (C=O) groups excluding carboxylic acids is 1. The maximum atomic E-state index is 14.5. The summed E-state index contributed by atoms with van der Waals surface area (Å²) in [6, 6.07) is 16.5. The summed E-state index contributed by atoms with van der Waals surface area (Å²) in [5.74, 6) is -0.145. The van der Waals surface area contributed by atoms with Gasteiger partial charge < -0.3 is 21.3 Å². The highest BCUT2D eigenvalue weighted by Crippen LogP contribution is 2.23. The van der Waals surface area contributed by atoms with Crippen LogP contribution in [0.2, 0.25) is 0 Å². The predicted molar refractivity (Wildman–Crippen MR) is 108 cm³/mol. The molecular weight excluding hydrogens is 373 g/mol. The summed E-state index contributed by atoms with van der Waals surface area (Å²) in [6.07, 6.45) is 1.24. The highest BCUT2D eigenvalue weighted by atomic mass is 19.1. The van der Waals surface area contributed by atoms with Crippen LogP contribution in [-0.4, -0.2) is 23.6 Å². The number of hydrogen-bond donors (Lipinski definition) is 3. The van der Waals surface area contributed by atoms with Crippen molar-refractivity contribution in [2.45, 2.75) is 19.4 Å². The number of guanidine groups is 1. The Morgan fingerprint density at radius 1 is 1.10 bits per heavy atom. The van der Waals surface area contributed by atoms with Gasteiger partial charge in [0.2, 0.25) is 5.91 Å². The number of rotatable bonds is 8. The first-order chi connectivity index (χ1) is 14.0. The fourth-order valence-corrected chi connectivity index (χ4v) is 2.79. The molecule has 8 heteroatoms. The molecular formula is C21H22FN5O2. The van der Waals surface area contributed by atoms with Crippen molar-refractivity contribution in [3.8, 4) is 11.1 Å². The van der Waals surface area contributed by atoms with Crippen LogP contribution in [0.4, 0.5) is 4.39 Å². The van der Waals surface area contributed by atoms with Crippen LogP contribution in [0.15, 0.2) is 64.1 Å². The quantitative estimate of drug-likeness (QED) is 0.399. The van der Waals surface area contributed by atoms with Gasteiger partial charge >= 0.3 is 0 Å². The number of aromatic nitrogens is 1. The Hall–Kier alpha value is -3.68. The molecule has 0 saturated heterocycles. The lowest BCUT2D eigenvalue weighted by molar-refractivity contribution is -0.116. The van der Waals surface area contributed by atoms with E-state index in [0.717, 1.165) is 16.8 Å². The monoisotopic (exact) mass is 395 g/mol. The molecule has 3 rings (SSSR count). The van der Waals surface area contributed by atoms with E-state index in [1.165, 1.54) is 0 Å². The van der Waals surface area contributed by atoms with E-state index in [9.17, 15) is 9.18 Å². The Labute approximate surface area is 167 Å². The van der Waals surface area contributed by atoms with E-state index in [2.05, 4.69) is 15.5 Å². The van der Waals surface area contributed by atoms with Crippen molar-refractivity contribution in [3.05, 3.63) is 77.4 Å². The summed E-state index contributed by atoms with van der Waals surface area (Å²) < 4.78 is 19.7. The van der Waals surface area contributed by atoms with Crippen LogP contribution in [-0.2, 0) is 24.2 Å². The van der Waals surface area contributed by atoms with Crippen molar-refractivity contribution in [3.63, 3.8) is 0 Å². The van der Waals surface area contributed by atoms with Gasteiger partial charge in [0, 0.05) is 11.6 Å². The van der Waals surface area contributed by atoms with Gasteiger partial charge in [-0.25, -0.2) is 9.38 Å². The Morgan fingerprint density at radius 3 is 2.62 bits per heavy atom. The molecule has 2 aromatic carbocycles. The number of nitrogens with zero attached hydrogens (tertiary/aromatic N) is 2. The van der Waals surface area contributed by atoms with E-state index < -0.39 is 5.91 Å². The van der Waals surface area contributed by atoms with Crippen molar-refractivity contribution in [2.75, 3.05) is 6.54 Å². The summed E-state index contributed by atoms with van der Waals surface area (Å²) in [5.41, 5.74) is 13.7. The first-order valence-corrected chi connectivity index (χ1v) is 9.11. The first-order valence-electron chi connectivity index (χ1n) is 9.11. The minimum absolute atomic E-state index is 0.0933. The number of hydrogen-bond acceptors (Lipinski definition) is 4. The van der Waals surface area contributed by atoms with Gasteiger partial charge in [-0.1, -0.05) is 47.6 Å². The number of halogens is 1. The summed E-state index contributed by atoms with van der Waals surface area (Å²) in [4.78, 5) is 14.4. The molecule has 0 aliphatic rings. The van der Waals surface area contributed by atoms with Gasteiger partial charge in [0.15, 0.2) is 11.7 Å². The minimum atomic E-state index is -0.565. The van der Waals surface area contributed by atoms with Crippen molar-refractivity contribution >= 4 is 11.9 Å². The van der Waals surface area contributed by atoms with E-state index in [1.54, 1.807) is 18.2 Å². The van der Waals surface area contributed by atoms with Crippen molar-refractivity contribution in [1.82, 2.24) is 10.5 Å². The molecule has 0 fully saturated rings. The van der Waals surface area contributed by atoms with Crippen molar-refractivity contribution in [2.24, 2.45) is 16.5 Å². The lowest BCUT2D eigenvalue weighted by Gasteiger charge is -2.06. The maximum Gasteiger partial charge on any atom is 0.239 e. The van der Waals surface area contributed by atoms with E-state index >= 15 is 0 Å². The second kappa shape index (κ2) is 9.50. The topological polar surface area (TPSA) is 120 Å². The molecule has 0 aliphatic heterocycles. The lowest BCUT2D eigenvalue weighted by Crippen LogP contribution is -2.32. The van der Waals surface area contributed by atoms with Crippen LogP contribution in [0.5, 0.6) is 0 Å². The fourth-order valence-electron chi connectivity index (χ4n) is 2.79. The van der Waals surface area contributed by atoms with E-state index in [1.807, 2.05) is 36.4 Å². The van der Waals surface area contributed by atoms with E-state index in [0.29, 0.717) is 24.2 Å².